The smallest absolute Gasteiger partial charge is 0.286 e. The zero-order valence-electron chi connectivity index (χ0n) is 18.6. The van der Waals surface area contributed by atoms with Gasteiger partial charge in [0.2, 0.25) is 5.91 Å². The maximum absolute atomic E-state index is 12.9. The Morgan fingerprint density at radius 1 is 1.09 bits per heavy atom. The normalized spacial score (nSPS) is 10.4. The van der Waals surface area contributed by atoms with E-state index in [2.05, 4.69) is 15.6 Å². The molecule has 0 fully saturated rings. The van der Waals surface area contributed by atoms with E-state index >= 15 is 0 Å². The number of nitrogens with one attached hydrogen (secondary N) is 2. The number of anilines is 2. The van der Waals surface area contributed by atoms with E-state index in [0.717, 1.165) is 11.6 Å². The number of carbonyl (C=O) groups is 2. The van der Waals surface area contributed by atoms with Crippen LogP contribution in [0.15, 0.2) is 41.8 Å². The first-order valence-corrected chi connectivity index (χ1v) is 10.8. The third kappa shape index (κ3) is 6.05. The second-order valence-corrected chi connectivity index (χ2v) is 7.73. The lowest BCUT2D eigenvalue weighted by Gasteiger charge is -2.12. The number of hydrogen-bond donors (Lipinski definition) is 2. The molecule has 2 N–H and O–H groups in total. The quantitative estimate of drug-likeness (QED) is 0.249. The molecule has 0 saturated carbocycles. The molecule has 2 aromatic carbocycles. The van der Waals surface area contributed by atoms with Crippen LogP contribution in [0.25, 0.3) is 11.3 Å². The second-order valence-electron chi connectivity index (χ2n) is 6.87. The van der Waals surface area contributed by atoms with Gasteiger partial charge in [-0.05, 0) is 12.1 Å². The molecule has 0 aliphatic carbocycles. The zero-order valence-corrected chi connectivity index (χ0v) is 19.4. The Morgan fingerprint density at radius 3 is 2.44 bits per heavy atom. The fourth-order valence-electron chi connectivity index (χ4n) is 2.95. The summed E-state index contributed by atoms with van der Waals surface area (Å²) in [7, 11) is 2.87. The van der Waals surface area contributed by atoms with E-state index < -0.39 is 16.5 Å². The molecule has 0 atom stereocenters. The molecule has 0 aliphatic heterocycles. The van der Waals surface area contributed by atoms with Crippen molar-refractivity contribution in [2.45, 2.75) is 6.92 Å². The summed E-state index contributed by atoms with van der Waals surface area (Å²) in [6, 6.07) is 9.44. The number of nitrogens with zero attached hydrogens (tertiary/aromatic N) is 2. The average molecular weight is 487 g/mol. The molecule has 1 aromatic heterocycles. The first-order valence-electron chi connectivity index (χ1n) is 9.95. The van der Waals surface area contributed by atoms with E-state index in [1.54, 1.807) is 29.6 Å². The number of aromatic nitrogens is 1. The minimum absolute atomic E-state index is 0.127. The number of carbonyl (C=O) groups excluding carboxylic acids is 2. The summed E-state index contributed by atoms with van der Waals surface area (Å²) in [5.74, 6) is -0.588. The SMILES string of the molecule is COCCOc1cc([N+](=O)[O-])c(C(=O)Nc2nc(-c3ccc(NC(C)=O)cc3)cs2)cc1OC. The van der Waals surface area contributed by atoms with Crippen LogP contribution in [0, 0.1) is 10.1 Å². The van der Waals surface area contributed by atoms with Gasteiger partial charge in [-0.3, -0.25) is 25.0 Å². The number of rotatable bonds is 10. The van der Waals surface area contributed by atoms with Crippen molar-refractivity contribution in [1.29, 1.82) is 0 Å². The monoisotopic (exact) mass is 486 g/mol. The molecule has 3 aromatic rings. The molecule has 0 spiro atoms. The highest BCUT2D eigenvalue weighted by Crippen LogP contribution is 2.35. The number of nitro benzene ring substituents is 1. The lowest BCUT2D eigenvalue weighted by molar-refractivity contribution is -0.385. The minimum Gasteiger partial charge on any atom is -0.493 e. The number of benzene rings is 2. The van der Waals surface area contributed by atoms with Crippen LogP contribution in [0.4, 0.5) is 16.5 Å². The molecule has 0 aliphatic rings. The summed E-state index contributed by atoms with van der Waals surface area (Å²) < 4.78 is 15.6. The van der Waals surface area contributed by atoms with Crippen LogP contribution in [-0.4, -0.2) is 49.2 Å². The van der Waals surface area contributed by atoms with Gasteiger partial charge in [0.05, 0.1) is 30.4 Å². The van der Waals surface area contributed by atoms with Crippen molar-refractivity contribution >= 4 is 39.7 Å². The van der Waals surface area contributed by atoms with E-state index in [1.807, 2.05) is 0 Å². The second kappa shape index (κ2) is 11.2. The van der Waals surface area contributed by atoms with Crippen LogP contribution in [0.5, 0.6) is 11.5 Å². The van der Waals surface area contributed by atoms with Crippen LogP contribution >= 0.6 is 11.3 Å². The Balaban J connectivity index is 1.80. The summed E-state index contributed by atoms with van der Waals surface area (Å²) in [4.78, 5) is 39.3. The van der Waals surface area contributed by atoms with Gasteiger partial charge in [0, 0.05) is 36.7 Å². The Kier molecular flexibility index (Phi) is 8.11. The van der Waals surface area contributed by atoms with E-state index in [1.165, 1.54) is 38.5 Å². The molecule has 0 bridgehead atoms. The Hall–Kier alpha value is -4.03. The van der Waals surface area contributed by atoms with Crippen LogP contribution in [-0.2, 0) is 9.53 Å². The predicted octanol–water partition coefficient (Wildman–Crippen LogP) is 3.96. The number of amides is 2. The molecule has 3 rings (SSSR count). The highest BCUT2D eigenvalue weighted by atomic mass is 32.1. The topological polar surface area (TPSA) is 142 Å². The van der Waals surface area contributed by atoms with E-state index in [0.29, 0.717) is 11.4 Å². The summed E-state index contributed by atoms with van der Waals surface area (Å²) >= 11 is 1.17. The number of ether oxygens (including phenoxy) is 3. The van der Waals surface area contributed by atoms with Gasteiger partial charge >= 0.3 is 0 Å². The average Bonchev–Trinajstić information content (AvgIpc) is 3.27. The molecular weight excluding hydrogens is 464 g/mol. The summed E-state index contributed by atoms with van der Waals surface area (Å²) in [6.45, 7) is 1.86. The molecule has 2 amide bonds. The molecular formula is C22H22N4O7S. The standard InChI is InChI=1S/C22H22N4O7S/c1-13(27)23-15-6-4-14(5-7-15)17-12-34-22(24-17)25-21(28)16-10-19(32-3)20(33-9-8-31-2)11-18(16)26(29)30/h4-7,10-12H,8-9H2,1-3H3,(H,23,27)(H,24,25,28). The van der Waals surface area contributed by atoms with Crippen molar-refractivity contribution in [3.63, 3.8) is 0 Å². The van der Waals surface area contributed by atoms with Gasteiger partial charge in [-0.2, -0.15) is 0 Å². The fourth-order valence-corrected chi connectivity index (χ4v) is 3.66. The number of methoxy groups -OCH3 is 2. The van der Waals surface area contributed by atoms with E-state index in [4.69, 9.17) is 14.2 Å². The van der Waals surface area contributed by atoms with Crippen LogP contribution in [0.3, 0.4) is 0 Å². The van der Waals surface area contributed by atoms with Crippen LogP contribution in [0.2, 0.25) is 0 Å². The Morgan fingerprint density at radius 2 is 1.82 bits per heavy atom. The Bertz CT molecular complexity index is 1190. The first kappa shape index (κ1) is 24.6. The van der Waals surface area contributed by atoms with Crippen molar-refractivity contribution in [2.24, 2.45) is 0 Å². The molecule has 0 radical (unpaired) electrons. The summed E-state index contributed by atoms with van der Waals surface area (Å²) in [5, 5.41) is 18.9. The van der Waals surface area contributed by atoms with Gasteiger partial charge in [-0.15, -0.1) is 11.3 Å². The van der Waals surface area contributed by atoms with E-state index in [9.17, 15) is 19.7 Å². The number of hydrogen-bond acceptors (Lipinski definition) is 9. The summed E-state index contributed by atoms with van der Waals surface area (Å²) in [6.07, 6.45) is 0. The van der Waals surface area contributed by atoms with Gasteiger partial charge in [0.15, 0.2) is 16.6 Å². The first-order chi connectivity index (χ1) is 16.3. The Labute approximate surface area is 198 Å². The van der Waals surface area contributed by atoms with Gasteiger partial charge in [-0.1, -0.05) is 12.1 Å². The number of thiazole rings is 1. The van der Waals surface area contributed by atoms with E-state index in [-0.39, 0.29) is 41.3 Å². The molecule has 12 heteroatoms. The molecule has 1 heterocycles. The van der Waals surface area contributed by atoms with Gasteiger partial charge < -0.3 is 19.5 Å². The fraction of sp³-hybridized carbons (Fsp3) is 0.227. The summed E-state index contributed by atoms with van der Waals surface area (Å²) in [5.41, 5.74) is 1.39. The number of nitro groups is 1. The predicted molar refractivity (Wildman–Crippen MR) is 127 cm³/mol. The lowest BCUT2D eigenvalue weighted by Crippen LogP contribution is -2.15. The zero-order chi connectivity index (χ0) is 24.7. The molecule has 178 valence electrons. The molecule has 0 unspecified atom stereocenters. The van der Waals surface area contributed by atoms with Crippen molar-refractivity contribution in [1.82, 2.24) is 4.98 Å². The van der Waals surface area contributed by atoms with Crippen LogP contribution in [0.1, 0.15) is 17.3 Å². The molecule has 34 heavy (non-hydrogen) atoms. The third-order valence-electron chi connectivity index (χ3n) is 4.49. The minimum atomic E-state index is -0.713. The van der Waals surface area contributed by atoms with Gasteiger partial charge in [0.25, 0.3) is 11.6 Å². The molecule has 0 saturated heterocycles. The lowest BCUT2D eigenvalue weighted by atomic mass is 10.1. The van der Waals surface area contributed by atoms with Crippen LogP contribution < -0.4 is 20.1 Å². The highest BCUT2D eigenvalue weighted by Gasteiger charge is 2.25. The molecule has 11 nitrogen and oxygen atoms in total. The van der Waals surface area contributed by atoms with Gasteiger partial charge in [0.1, 0.15) is 12.2 Å². The third-order valence-corrected chi connectivity index (χ3v) is 5.25. The highest BCUT2D eigenvalue weighted by molar-refractivity contribution is 7.14. The largest absolute Gasteiger partial charge is 0.493 e. The maximum atomic E-state index is 12.9. The van der Waals surface area contributed by atoms with Crippen molar-refractivity contribution in [3.05, 3.63) is 57.5 Å². The van der Waals surface area contributed by atoms with Gasteiger partial charge in [-0.25, -0.2) is 4.98 Å². The van der Waals surface area contributed by atoms with Crippen molar-refractivity contribution in [3.8, 4) is 22.8 Å². The maximum Gasteiger partial charge on any atom is 0.286 e. The van der Waals surface area contributed by atoms with Crippen molar-refractivity contribution < 1.29 is 28.7 Å². The van der Waals surface area contributed by atoms with Crippen molar-refractivity contribution in [2.75, 3.05) is 38.1 Å².